The van der Waals surface area contributed by atoms with Crippen molar-refractivity contribution < 1.29 is 9.84 Å². The van der Waals surface area contributed by atoms with Crippen LogP contribution in [0.3, 0.4) is 0 Å². The average Bonchev–Trinajstić information content (AvgIpc) is 3.25. The highest BCUT2D eigenvalue weighted by molar-refractivity contribution is 5.32. The minimum absolute atomic E-state index is 0.170. The molecular weight excluding hydrogens is 314 g/mol. The van der Waals surface area contributed by atoms with Gasteiger partial charge in [-0.15, -0.1) is 0 Å². The van der Waals surface area contributed by atoms with E-state index < -0.39 is 5.60 Å². The minimum atomic E-state index is -0.639. The molecule has 5 nitrogen and oxygen atoms in total. The largest absolute Gasteiger partial charge is 0.390 e. The van der Waals surface area contributed by atoms with Crippen LogP contribution < -0.4 is 0 Å². The van der Waals surface area contributed by atoms with E-state index in [4.69, 9.17) is 4.74 Å². The highest BCUT2D eigenvalue weighted by Gasteiger charge is 2.44. The van der Waals surface area contributed by atoms with Crippen LogP contribution in [0, 0.1) is 5.92 Å². The molecule has 3 atom stereocenters. The van der Waals surface area contributed by atoms with Crippen LogP contribution in [0.1, 0.15) is 32.0 Å². The number of aromatic nitrogens is 2. The predicted octanol–water partition coefficient (Wildman–Crippen LogP) is 2.62. The maximum absolute atomic E-state index is 10.8. The second-order valence-electron chi connectivity index (χ2n) is 7.52. The monoisotopic (exact) mass is 341 g/mol. The molecule has 0 radical (unpaired) electrons. The number of ether oxygens (including phenoxy) is 1. The quantitative estimate of drug-likeness (QED) is 0.929. The zero-order valence-electron chi connectivity index (χ0n) is 14.8. The van der Waals surface area contributed by atoms with Crippen LogP contribution in [0.5, 0.6) is 0 Å². The third kappa shape index (κ3) is 3.36. The Balaban J connectivity index is 1.54. The zero-order valence-corrected chi connectivity index (χ0v) is 14.8. The van der Waals surface area contributed by atoms with Crippen molar-refractivity contribution in [2.45, 2.75) is 44.4 Å². The third-order valence-electron chi connectivity index (χ3n) is 5.82. The van der Waals surface area contributed by atoms with E-state index in [9.17, 15) is 5.11 Å². The van der Waals surface area contributed by atoms with Gasteiger partial charge in [-0.05, 0) is 44.9 Å². The Bertz CT molecular complexity index is 698. The van der Waals surface area contributed by atoms with E-state index in [0.717, 1.165) is 37.4 Å². The molecule has 2 saturated heterocycles. The molecule has 2 aliphatic heterocycles. The summed E-state index contributed by atoms with van der Waals surface area (Å²) in [4.78, 5) is 7.08. The van der Waals surface area contributed by atoms with E-state index >= 15 is 0 Å². The van der Waals surface area contributed by atoms with E-state index in [1.165, 1.54) is 6.42 Å². The van der Waals surface area contributed by atoms with Crippen molar-refractivity contribution in [1.29, 1.82) is 0 Å². The Morgan fingerprint density at radius 1 is 1.32 bits per heavy atom. The molecule has 0 unspecified atom stereocenters. The van der Waals surface area contributed by atoms with Gasteiger partial charge in [0, 0.05) is 36.6 Å². The number of likely N-dealkylation sites (tertiary alicyclic amines) is 1. The Kier molecular flexibility index (Phi) is 4.63. The van der Waals surface area contributed by atoms with Gasteiger partial charge in [-0.3, -0.25) is 4.90 Å². The lowest BCUT2D eigenvalue weighted by Gasteiger charge is -2.43. The first-order valence-electron chi connectivity index (χ1n) is 9.27. The first kappa shape index (κ1) is 16.8. The van der Waals surface area contributed by atoms with Gasteiger partial charge in [0.15, 0.2) is 0 Å². The lowest BCUT2D eigenvalue weighted by atomic mass is 9.79. The van der Waals surface area contributed by atoms with Crippen molar-refractivity contribution in [3.63, 3.8) is 0 Å². The summed E-state index contributed by atoms with van der Waals surface area (Å²) < 4.78 is 7.86. The minimum Gasteiger partial charge on any atom is -0.390 e. The van der Waals surface area contributed by atoms with Gasteiger partial charge in [0.25, 0.3) is 0 Å². The van der Waals surface area contributed by atoms with Crippen LogP contribution in [0.4, 0.5) is 0 Å². The van der Waals surface area contributed by atoms with Gasteiger partial charge < -0.3 is 14.4 Å². The summed E-state index contributed by atoms with van der Waals surface area (Å²) >= 11 is 0. The van der Waals surface area contributed by atoms with E-state index in [1.807, 2.05) is 37.5 Å². The second-order valence-corrected chi connectivity index (χ2v) is 7.52. The molecule has 0 amide bonds. The average molecular weight is 341 g/mol. The number of aliphatic hydroxyl groups is 1. The normalized spacial score (nSPS) is 30.6. The SMILES string of the molecule is C[C@]1(O)CCOC[C@H]1[C@H]1CCCN1Cc1nccn1-c1ccccc1. The summed E-state index contributed by atoms with van der Waals surface area (Å²) in [6.45, 7) is 5.15. The fourth-order valence-corrected chi connectivity index (χ4v) is 4.34. The molecule has 1 N–H and O–H groups in total. The summed E-state index contributed by atoms with van der Waals surface area (Å²) in [5, 5.41) is 10.8. The van der Waals surface area contributed by atoms with E-state index in [-0.39, 0.29) is 5.92 Å². The summed E-state index contributed by atoms with van der Waals surface area (Å²) in [5.41, 5.74) is 0.499. The maximum Gasteiger partial charge on any atom is 0.127 e. The summed E-state index contributed by atoms with van der Waals surface area (Å²) in [6.07, 6.45) is 6.91. The van der Waals surface area contributed by atoms with E-state index in [0.29, 0.717) is 19.3 Å². The van der Waals surface area contributed by atoms with Crippen LogP contribution in [-0.2, 0) is 11.3 Å². The molecular formula is C20H27N3O2. The number of hydrogen-bond donors (Lipinski definition) is 1. The summed E-state index contributed by atoms with van der Waals surface area (Å²) in [6, 6.07) is 10.7. The second kappa shape index (κ2) is 6.90. The molecule has 3 heterocycles. The number of imidazole rings is 1. The molecule has 5 heteroatoms. The van der Waals surface area contributed by atoms with Crippen molar-refractivity contribution in [3.05, 3.63) is 48.5 Å². The molecule has 0 aliphatic carbocycles. The van der Waals surface area contributed by atoms with Crippen LogP contribution >= 0.6 is 0 Å². The molecule has 1 aromatic heterocycles. The summed E-state index contributed by atoms with van der Waals surface area (Å²) in [5.74, 6) is 1.22. The number of para-hydroxylation sites is 1. The molecule has 2 fully saturated rings. The van der Waals surface area contributed by atoms with Crippen molar-refractivity contribution in [3.8, 4) is 5.69 Å². The fourth-order valence-electron chi connectivity index (χ4n) is 4.34. The maximum atomic E-state index is 10.8. The molecule has 2 aliphatic rings. The van der Waals surface area contributed by atoms with Gasteiger partial charge in [-0.1, -0.05) is 18.2 Å². The summed E-state index contributed by atoms with van der Waals surface area (Å²) in [7, 11) is 0. The molecule has 2 aromatic rings. The van der Waals surface area contributed by atoms with Gasteiger partial charge >= 0.3 is 0 Å². The first-order valence-corrected chi connectivity index (χ1v) is 9.27. The van der Waals surface area contributed by atoms with Crippen LogP contribution in [-0.4, -0.2) is 51.0 Å². The van der Waals surface area contributed by atoms with Gasteiger partial charge in [-0.25, -0.2) is 4.98 Å². The van der Waals surface area contributed by atoms with Crippen molar-refractivity contribution in [2.75, 3.05) is 19.8 Å². The molecule has 0 spiro atoms. The van der Waals surface area contributed by atoms with Gasteiger partial charge in [0.1, 0.15) is 5.82 Å². The van der Waals surface area contributed by atoms with Gasteiger partial charge in [0.2, 0.25) is 0 Å². The molecule has 134 valence electrons. The van der Waals surface area contributed by atoms with Crippen LogP contribution in [0.2, 0.25) is 0 Å². The Morgan fingerprint density at radius 2 is 2.16 bits per heavy atom. The van der Waals surface area contributed by atoms with Crippen molar-refractivity contribution in [1.82, 2.24) is 14.5 Å². The van der Waals surface area contributed by atoms with Crippen LogP contribution in [0.15, 0.2) is 42.7 Å². The van der Waals surface area contributed by atoms with E-state index in [1.54, 1.807) is 0 Å². The molecule has 0 saturated carbocycles. The number of nitrogens with zero attached hydrogens (tertiary/aromatic N) is 3. The molecule has 1 aromatic carbocycles. The van der Waals surface area contributed by atoms with E-state index in [2.05, 4.69) is 26.6 Å². The molecule has 25 heavy (non-hydrogen) atoms. The Morgan fingerprint density at radius 3 is 2.96 bits per heavy atom. The lowest BCUT2D eigenvalue weighted by molar-refractivity contribution is -0.123. The van der Waals surface area contributed by atoms with Gasteiger partial charge in [0.05, 0.1) is 18.8 Å². The van der Waals surface area contributed by atoms with Crippen molar-refractivity contribution >= 4 is 0 Å². The number of hydrogen-bond acceptors (Lipinski definition) is 4. The predicted molar refractivity (Wildman–Crippen MR) is 96.5 cm³/mol. The van der Waals surface area contributed by atoms with Crippen molar-refractivity contribution in [2.24, 2.45) is 5.92 Å². The number of benzene rings is 1. The topological polar surface area (TPSA) is 50.5 Å². The first-order chi connectivity index (χ1) is 12.1. The van der Waals surface area contributed by atoms with Crippen LogP contribution in [0.25, 0.3) is 5.69 Å². The standard InChI is InChI=1S/C20H27N3O2/c1-20(24)9-13-25-15-17(20)18-8-5-11-22(18)14-19-21-10-12-23(19)16-6-3-2-4-7-16/h2-4,6-7,10,12,17-18,24H,5,8-9,11,13-15H2,1H3/t17-,18+,20-/m0/s1. The third-order valence-corrected chi connectivity index (χ3v) is 5.82. The Hall–Kier alpha value is -1.69. The molecule has 0 bridgehead atoms. The Labute approximate surface area is 149 Å². The van der Waals surface area contributed by atoms with Gasteiger partial charge in [-0.2, -0.15) is 0 Å². The highest BCUT2D eigenvalue weighted by Crippen LogP contribution is 2.36. The number of rotatable bonds is 4. The smallest absolute Gasteiger partial charge is 0.127 e. The zero-order chi connectivity index (χ0) is 17.3. The highest BCUT2D eigenvalue weighted by atomic mass is 16.5. The fraction of sp³-hybridized carbons (Fsp3) is 0.550. The molecule has 4 rings (SSSR count). The lowest BCUT2D eigenvalue weighted by Crippen LogP contribution is -2.52.